The lowest BCUT2D eigenvalue weighted by Crippen LogP contribution is -2.44. The second-order valence-corrected chi connectivity index (χ2v) is 6.09. The molecule has 0 aliphatic carbocycles. The lowest BCUT2D eigenvalue weighted by molar-refractivity contribution is 0.313. The molecule has 17 heavy (non-hydrogen) atoms. The van der Waals surface area contributed by atoms with Crippen LogP contribution in [0.3, 0.4) is 0 Å². The molecule has 1 aliphatic rings. The van der Waals surface area contributed by atoms with Gasteiger partial charge in [0.15, 0.2) is 0 Å². The van der Waals surface area contributed by atoms with Gasteiger partial charge in [0.25, 0.3) is 0 Å². The van der Waals surface area contributed by atoms with Crippen LogP contribution >= 0.6 is 0 Å². The quantitative estimate of drug-likeness (QED) is 0.734. The van der Waals surface area contributed by atoms with Gasteiger partial charge in [-0.3, -0.25) is 0 Å². The van der Waals surface area contributed by atoms with E-state index in [1.54, 1.807) is 0 Å². The fourth-order valence-corrected chi connectivity index (χ4v) is 2.24. The summed E-state index contributed by atoms with van der Waals surface area (Å²) < 4.78 is 0. The van der Waals surface area contributed by atoms with Gasteiger partial charge < -0.3 is 9.80 Å². The molecule has 0 saturated carbocycles. The average Bonchev–Trinajstić information content (AvgIpc) is 2.29. The van der Waals surface area contributed by atoms with Crippen molar-refractivity contribution >= 4 is 5.69 Å². The van der Waals surface area contributed by atoms with Crippen LogP contribution in [0.25, 0.3) is 0 Å². The number of rotatable bonds is 1. The fraction of sp³-hybridized carbons (Fsp3) is 0.600. The summed E-state index contributed by atoms with van der Waals surface area (Å²) in [5.41, 5.74) is 3.03. The monoisotopic (exact) mass is 232 g/mol. The molecule has 0 radical (unpaired) electrons. The van der Waals surface area contributed by atoms with E-state index in [0.29, 0.717) is 0 Å². The number of hydrogen-bond acceptors (Lipinski definition) is 2. The van der Waals surface area contributed by atoms with Crippen molar-refractivity contribution in [1.29, 1.82) is 0 Å². The first kappa shape index (κ1) is 12.4. The van der Waals surface area contributed by atoms with Crippen molar-refractivity contribution in [3.05, 3.63) is 29.8 Å². The third kappa shape index (κ3) is 3.01. The summed E-state index contributed by atoms with van der Waals surface area (Å²) >= 11 is 0. The van der Waals surface area contributed by atoms with E-state index in [9.17, 15) is 0 Å². The highest BCUT2D eigenvalue weighted by Crippen LogP contribution is 2.25. The first-order chi connectivity index (χ1) is 7.97. The van der Waals surface area contributed by atoms with Gasteiger partial charge in [-0.1, -0.05) is 32.9 Å². The molecular formula is C15H24N2. The Morgan fingerprint density at radius 3 is 1.88 bits per heavy atom. The zero-order valence-corrected chi connectivity index (χ0v) is 11.5. The topological polar surface area (TPSA) is 6.48 Å². The normalized spacial score (nSPS) is 18.5. The van der Waals surface area contributed by atoms with Crippen LogP contribution in [-0.2, 0) is 5.41 Å². The highest BCUT2D eigenvalue weighted by Gasteiger charge is 2.16. The summed E-state index contributed by atoms with van der Waals surface area (Å²) in [5.74, 6) is 0. The zero-order valence-electron chi connectivity index (χ0n) is 11.5. The number of benzene rings is 1. The van der Waals surface area contributed by atoms with Gasteiger partial charge in [-0.15, -0.1) is 0 Å². The van der Waals surface area contributed by atoms with E-state index < -0.39 is 0 Å². The molecule has 0 N–H and O–H groups in total. The number of anilines is 1. The van der Waals surface area contributed by atoms with Crippen LogP contribution in [0.1, 0.15) is 26.3 Å². The molecular weight excluding hydrogens is 208 g/mol. The zero-order chi connectivity index (χ0) is 12.5. The number of likely N-dealkylation sites (N-methyl/N-ethyl adjacent to an activating group) is 1. The molecule has 1 aromatic carbocycles. The minimum absolute atomic E-state index is 0.251. The van der Waals surface area contributed by atoms with E-state index in [-0.39, 0.29) is 5.41 Å². The van der Waals surface area contributed by atoms with Gasteiger partial charge in [-0.05, 0) is 30.2 Å². The van der Waals surface area contributed by atoms with Crippen molar-refractivity contribution in [2.75, 3.05) is 38.1 Å². The third-order valence-electron chi connectivity index (χ3n) is 3.60. The van der Waals surface area contributed by atoms with Gasteiger partial charge in [-0.2, -0.15) is 0 Å². The van der Waals surface area contributed by atoms with Crippen molar-refractivity contribution in [3.63, 3.8) is 0 Å². The van der Waals surface area contributed by atoms with Gasteiger partial charge in [-0.25, -0.2) is 0 Å². The van der Waals surface area contributed by atoms with E-state index >= 15 is 0 Å². The number of hydrogen-bond donors (Lipinski definition) is 0. The minimum atomic E-state index is 0.251. The lowest BCUT2D eigenvalue weighted by Gasteiger charge is -2.34. The van der Waals surface area contributed by atoms with Crippen LogP contribution in [0.5, 0.6) is 0 Å². The molecule has 94 valence electrons. The molecule has 2 rings (SSSR count). The second kappa shape index (κ2) is 4.69. The second-order valence-electron chi connectivity index (χ2n) is 6.09. The predicted octanol–water partition coefficient (Wildman–Crippen LogP) is 2.74. The molecule has 1 heterocycles. The molecule has 0 bridgehead atoms. The summed E-state index contributed by atoms with van der Waals surface area (Å²) in [4.78, 5) is 4.87. The molecule has 1 fully saturated rings. The molecule has 0 atom stereocenters. The lowest BCUT2D eigenvalue weighted by atomic mass is 9.87. The maximum Gasteiger partial charge on any atom is 0.0367 e. The van der Waals surface area contributed by atoms with E-state index in [1.807, 2.05) is 0 Å². The van der Waals surface area contributed by atoms with Crippen molar-refractivity contribution in [2.24, 2.45) is 0 Å². The van der Waals surface area contributed by atoms with Crippen LogP contribution in [0.15, 0.2) is 24.3 Å². The minimum Gasteiger partial charge on any atom is -0.369 e. The Balaban J connectivity index is 2.08. The molecule has 0 unspecified atom stereocenters. The third-order valence-corrected chi connectivity index (χ3v) is 3.60. The van der Waals surface area contributed by atoms with Crippen LogP contribution in [0.2, 0.25) is 0 Å². The van der Waals surface area contributed by atoms with E-state index in [0.717, 1.165) is 13.1 Å². The van der Waals surface area contributed by atoms with E-state index in [4.69, 9.17) is 0 Å². The molecule has 1 saturated heterocycles. The summed E-state index contributed by atoms with van der Waals surface area (Å²) in [6, 6.07) is 9.08. The largest absolute Gasteiger partial charge is 0.369 e. The van der Waals surface area contributed by atoms with Gasteiger partial charge in [0, 0.05) is 31.9 Å². The molecule has 1 aliphatic heterocycles. The fourth-order valence-electron chi connectivity index (χ4n) is 2.24. The first-order valence-electron chi connectivity index (χ1n) is 6.51. The summed E-state index contributed by atoms with van der Waals surface area (Å²) in [6.07, 6.45) is 0. The van der Waals surface area contributed by atoms with Gasteiger partial charge in [0.05, 0.1) is 0 Å². The Morgan fingerprint density at radius 2 is 1.41 bits per heavy atom. The molecule has 0 amide bonds. The van der Waals surface area contributed by atoms with Crippen LogP contribution in [0.4, 0.5) is 5.69 Å². The van der Waals surface area contributed by atoms with E-state index in [1.165, 1.54) is 24.3 Å². The van der Waals surface area contributed by atoms with E-state index in [2.05, 4.69) is 61.9 Å². The molecule has 1 aromatic rings. The Labute approximate surface area is 105 Å². The van der Waals surface area contributed by atoms with Crippen LogP contribution in [0, 0.1) is 0 Å². The van der Waals surface area contributed by atoms with Crippen molar-refractivity contribution in [1.82, 2.24) is 4.90 Å². The van der Waals surface area contributed by atoms with Crippen LogP contribution < -0.4 is 4.90 Å². The molecule has 2 nitrogen and oxygen atoms in total. The molecule has 2 heteroatoms. The Bertz CT molecular complexity index is 354. The molecule has 0 aromatic heterocycles. The SMILES string of the molecule is CN1CCN(c2ccc(C(C)(C)C)cc2)CC1. The average molecular weight is 232 g/mol. The standard InChI is InChI=1S/C15H24N2/c1-15(2,3)13-5-7-14(8-6-13)17-11-9-16(4)10-12-17/h5-8H,9-12H2,1-4H3. The Kier molecular flexibility index (Phi) is 3.43. The molecule has 0 spiro atoms. The predicted molar refractivity (Wildman–Crippen MR) is 74.9 cm³/mol. The van der Waals surface area contributed by atoms with Crippen LogP contribution in [-0.4, -0.2) is 38.1 Å². The first-order valence-corrected chi connectivity index (χ1v) is 6.51. The maximum absolute atomic E-state index is 2.48. The summed E-state index contributed by atoms with van der Waals surface area (Å²) in [5, 5.41) is 0. The van der Waals surface area contributed by atoms with Crippen molar-refractivity contribution in [3.8, 4) is 0 Å². The van der Waals surface area contributed by atoms with Gasteiger partial charge >= 0.3 is 0 Å². The smallest absolute Gasteiger partial charge is 0.0367 e. The Hall–Kier alpha value is -1.02. The van der Waals surface area contributed by atoms with Crippen molar-refractivity contribution < 1.29 is 0 Å². The Morgan fingerprint density at radius 1 is 0.882 bits per heavy atom. The maximum atomic E-state index is 2.48. The highest BCUT2D eigenvalue weighted by molar-refractivity contribution is 5.49. The number of piperazine rings is 1. The van der Waals surface area contributed by atoms with Gasteiger partial charge in [0.1, 0.15) is 0 Å². The van der Waals surface area contributed by atoms with Crippen molar-refractivity contribution in [2.45, 2.75) is 26.2 Å². The summed E-state index contributed by atoms with van der Waals surface area (Å²) in [6.45, 7) is 11.4. The van der Waals surface area contributed by atoms with Gasteiger partial charge in [0.2, 0.25) is 0 Å². The summed E-state index contributed by atoms with van der Waals surface area (Å²) in [7, 11) is 2.19. The number of nitrogens with zero attached hydrogens (tertiary/aromatic N) is 2. The highest BCUT2D eigenvalue weighted by atomic mass is 15.2.